The van der Waals surface area contributed by atoms with Crippen molar-refractivity contribution in [2.75, 3.05) is 70.3 Å². The van der Waals surface area contributed by atoms with Gasteiger partial charge >= 0.3 is 5.97 Å². The summed E-state index contributed by atoms with van der Waals surface area (Å²) >= 11 is 0. The van der Waals surface area contributed by atoms with Crippen molar-refractivity contribution in [3.05, 3.63) is 67.8 Å². The van der Waals surface area contributed by atoms with Crippen LogP contribution in [0.5, 0.6) is 11.5 Å². The van der Waals surface area contributed by atoms with Gasteiger partial charge in [0.1, 0.15) is 12.4 Å². The van der Waals surface area contributed by atoms with Gasteiger partial charge in [-0.2, -0.15) is 0 Å². The van der Waals surface area contributed by atoms with Crippen LogP contribution in [-0.4, -0.2) is 91.4 Å². The fourth-order valence-electron chi connectivity index (χ4n) is 3.97. The molecule has 16 nitrogen and oxygen atoms in total. The zero-order valence-corrected chi connectivity index (χ0v) is 23.2. The molecule has 0 unspecified atom stereocenters. The minimum atomic E-state index is -1.35. The van der Waals surface area contributed by atoms with Crippen LogP contribution in [0, 0.1) is 32.1 Å². The Balaban J connectivity index is 1.70. The molecule has 2 aromatic rings. The lowest BCUT2D eigenvalue weighted by atomic mass is 10.1. The third-order valence-corrected chi connectivity index (χ3v) is 6.10. The van der Waals surface area contributed by atoms with E-state index < -0.39 is 33.1 Å². The number of rotatable bonds is 14. The first-order valence-corrected chi connectivity index (χ1v) is 12.9. The lowest BCUT2D eigenvalue weighted by Crippen LogP contribution is -2.36. The number of aromatic carboxylic acids is 1. The van der Waals surface area contributed by atoms with Crippen molar-refractivity contribution in [2.45, 2.75) is 0 Å². The Kier molecular flexibility index (Phi) is 11.6. The molecule has 2 aromatic carbocycles. The summed E-state index contributed by atoms with van der Waals surface area (Å²) in [6.07, 6.45) is 3.18. The van der Waals surface area contributed by atoms with Crippen LogP contribution in [0.25, 0.3) is 0 Å². The summed E-state index contributed by atoms with van der Waals surface area (Å²) in [5.41, 5.74) is 4.01. The minimum absolute atomic E-state index is 0.00385. The van der Waals surface area contributed by atoms with Gasteiger partial charge in [0, 0.05) is 43.9 Å². The molecule has 0 saturated carbocycles. The normalized spacial score (nSPS) is 13.0. The molecule has 1 aliphatic heterocycles. The van der Waals surface area contributed by atoms with Crippen molar-refractivity contribution in [1.82, 2.24) is 4.90 Å². The number of amides is 1. The number of nitrogens with one attached hydrogen (secondary N) is 2. The second kappa shape index (κ2) is 15.6. The van der Waals surface area contributed by atoms with Crippen LogP contribution in [0.2, 0.25) is 0 Å². The van der Waals surface area contributed by atoms with E-state index in [0.29, 0.717) is 19.8 Å². The summed E-state index contributed by atoms with van der Waals surface area (Å²) in [7, 11) is 1.25. The smallest absolute Gasteiger partial charge is 0.336 e. The first-order chi connectivity index (χ1) is 20.6. The van der Waals surface area contributed by atoms with E-state index >= 15 is 0 Å². The van der Waals surface area contributed by atoms with Gasteiger partial charge in [-0.05, 0) is 12.1 Å². The number of carbonyl (C=O) groups excluding carboxylic acids is 1. The zero-order valence-electron chi connectivity index (χ0n) is 23.2. The van der Waals surface area contributed by atoms with E-state index in [0.717, 1.165) is 31.3 Å². The molecule has 16 heteroatoms. The van der Waals surface area contributed by atoms with Crippen molar-refractivity contribution < 1.29 is 38.8 Å². The number of hydrogen-bond acceptors (Lipinski definition) is 12. The lowest BCUT2D eigenvalue weighted by Gasteiger charge is -2.24. The topological polar surface area (TPSA) is 222 Å². The molecule has 0 aliphatic carbocycles. The van der Waals surface area contributed by atoms with Gasteiger partial charge in [-0.15, -0.1) is 0 Å². The maximum Gasteiger partial charge on any atom is 0.336 e. The molecule has 5 N–H and O–H groups in total. The third kappa shape index (κ3) is 9.05. The molecule has 0 radical (unpaired) electrons. The average Bonchev–Trinajstić information content (AvgIpc) is 2.98. The quantitative estimate of drug-likeness (QED) is 0.106. The van der Waals surface area contributed by atoms with Gasteiger partial charge < -0.3 is 35.7 Å². The predicted octanol–water partition coefficient (Wildman–Crippen LogP) is 2.10. The summed E-state index contributed by atoms with van der Waals surface area (Å²) in [5, 5.41) is 38.2. The number of benzene rings is 2. The minimum Gasteiger partial charge on any atom is -0.494 e. The van der Waals surface area contributed by atoms with E-state index in [1.807, 2.05) is 0 Å². The molecule has 0 spiro atoms. The van der Waals surface area contributed by atoms with Crippen LogP contribution in [0.1, 0.15) is 20.7 Å². The molecule has 1 fully saturated rings. The van der Waals surface area contributed by atoms with E-state index in [4.69, 9.17) is 19.9 Å². The number of ether oxygens (including phenoxy) is 3. The largest absolute Gasteiger partial charge is 0.494 e. The summed E-state index contributed by atoms with van der Waals surface area (Å²) in [6.45, 7) is 3.34. The molecular weight excluding hydrogens is 568 g/mol. The summed E-state index contributed by atoms with van der Waals surface area (Å²) in [4.78, 5) is 47.1. The molecule has 1 aliphatic rings. The van der Waals surface area contributed by atoms with Crippen LogP contribution in [0.3, 0.4) is 0 Å². The van der Waals surface area contributed by atoms with Crippen LogP contribution >= 0.6 is 0 Å². The Morgan fingerprint density at radius 3 is 2.09 bits per heavy atom. The highest BCUT2D eigenvalue weighted by molar-refractivity contribution is 5.95. The fraction of sp³-hybridized carbons (Fsp3) is 0.333. The van der Waals surface area contributed by atoms with Gasteiger partial charge in [-0.25, -0.2) is 4.79 Å². The molecule has 1 amide bonds. The van der Waals surface area contributed by atoms with Crippen LogP contribution in [-0.2, 0) is 4.74 Å². The zero-order chi connectivity index (χ0) is 31.4. The SMILES string of the molecule is COc1cc(C(=O)O)cc([N+](=O)[O-])c1NCC=CCNc1c(OCC#CCN2CCOCC2)cc(C(N)=O)cc1[N+](=O)[O-]. The number of nitro groups is 2. The summed E-state index contributed by atoms with van der Waals surface area (Å²) in [5.74, 6) is 3.59. The van der Waals surface area contributed by atoms with Crippen LogP contribution in [0.15, 0.2) is 36.4 Å². The molecule has 3 rings (SSSR count). The molecule has 0 atom stereocenters. The molecule has 1 heterocycles. The first-order valence-electron chi connectivity index (χ1n) is 12.9. The van der Waals surface area contributed by atoms with Gasteiger partial charge in [0.15, 0.2) is 17.1 Å². The Morgan fingerprint density at radius 1 is 1.00 bits per heavy atom. The lowest BCUT2D eigenvalue weighted by molar-refractivity contribution is -0.384. The van der Waals surface area contributed by atoms with Gasteiger partial charge in [0.25, 0.3) is 11.4 Å². The number of anilines is 2. The second-order valence-corrected chi connectivity index (χ2v) is 8.89. The second-order valence-electron chi connectivity index (χ2n) is 8.89. The number of primary amides is 1. The highest BCUT2D eigenvalue weighted by atomic mass is 16.6. The Labute approximate surface area is 245 Å². The molecule has 0 bridgehead atoms. The van der Waals surface area contributed by atoms with E-state index in [-0.39, 0.29) is 53.7 Å². The molecule has 0 aromatic heterocycles. The van der Waals surface area contributed by atoms with E-state index in [2.05, 4.69) is 27.4 Å². The van der Waals surface area contributed by atoms with Gasteiger partial charge in [-0.1, -0.05) is 24.0 Å². The highest BCUT2D eigenvalue weighted by Crippen LogP contribution is 2.37. The standard InChI is InChI=1S/C27H30N6O10/c1-41-22-17-19(27(35)36)15-21(33(39)40)24(22)29-6-2-3-7-30-25-20(32(37)38)14-18(26(28)34)16-23(25)43-11-5-4-8-31-9-12-42-13-10-31/h2-3,14-17,29-30H,6-13H2,1H3,(H2,28,34)(H,35,36). The van der Waals surface area contributed by atoms with Gasteiger partial charge in [0.05, 0.1) is 42.3 Å². The fourth-order valence-corrected chi connectivity index (χ4v) is 3.97. The van der Waals surface area contributed by atoms with Gasteiger partial charge in [-0.3, -0.25) is 29.9 Å². The Morgan fingerprint density at radius 2 is 1.56 bits per heavy atom. The number of nitro benzene ring substituents is 2. The monoisotopic (exact) mass is 598 g/mol. The number of nitrogens with zero attached hydrogens (tertiary/aromatic N) is 3. The van der Waals surface area contributed by atoms with Gasteiger partial charge in [0.2, 0.25) is 5.91 Å². The molecule has 228 valence electrons. The van der Waals surface area contributed by atoms with Crippen molar-refractivity contribution in [3.8, 4) is 23.3 Å². The Bertz CT molecular complexity index is 1460. The van der Waals surface area contributed by atoms with E-state index in [1.165, 1.54) is 13.2 Å². The maximum absolute atomic E-state index is 11.8. The van der Waals surface area contributed by atoms with Crippen molar-refractivity contribution in [2.24, 2.45) is 5.73 Å². The number of carboxylic acid groups (broad SMARTS) is 1. The number of methoxy groups -OCH3 is 1. The van der Waals surface area contributed by atoms with Crippen molar-refractivity contribution >= 4 is 34.6 Å². The molecule has 1 saturated heterocycles. The van der Waals surface area contributed by atoms with Crippen LogP contribution in [0.4, 0.5) is 22.7 Å². The predicted molar refractivity (Wildman–Crippen MR) is 155 cm³/mol. The summed E-state index contributed by atoms with van der Waals surface area (Å²) in [6, 6.07) is 4.41. The Hall–Kier alpha value is -5.40. The van der Waals surface area contributed by atoms with E-state index in [1.54, 1.807) is 12.2 Å². The number of nitrogens with two attached hydrogens (primary N) is 1. The first kappa shape index (κ1) is 32.1. The number of morpholine rings is 1. The highest BCUT2D eigenvalue weighted by Gasteiger charge is 2.24. The maximum atomic E-state index is 11.8. The number of carboxylic acids is 1. The molecule has 43 heavy (non-hydrogen) atoms. The average molecular weight is 599 g/mol. The third-order valence-electron chi connectivity index (χ3n) is 6.10. The van der Waals surface area contributed by atoms with E-state index in [9.17, 15) is 34.9 Å². The molecular formula is C27H30N6O10. The van der Waals surface area contributed by atoms with Crippen LogP contribution < -0.4 is 25.8 Å². The summed E-state index contributed by atoms with van der Waals surface area (Å²) < 4.78 is 16.1. The van der Waals surface area contributed by atoms with Crippen molar-refractivity contribution in [3.63, 3.8) is 0 Å². The number of carbonyl (C=O) groups is 2. The number of hydrogen-bond donors (Lipinski definition) is 4. The van der Waals surface area contributed by atoms with Crippen molar-refractivity contribution in [1.29, 1.82) is 0 Å².